The van der Waals surface area contributed by atoms with Crippen LogP contribution in [0.1, 0.15) is 27.7 Å². The van der Waals surface area contributed by atoms with Crippen molar-refractivity contribution in [1.82, 2.24) is 16.0 Å². The standard InChI is InChI=1S/C23H40N2O13.C16H30N2O10.C7H10O3/c1-10(2)22(33)35-9-12(28)5-24-17-19(32)20(34-4)13(7-26)37-23(17)38-21-14(8-27)36-11(3)16(18(21)31)25-6-15(29)30;1-6-11(18-3-9(21)22)13(24)15(8(5-20)26-6)28-16-10(17)12(23)14(25-2)7(4-19)27-16;1-5(2)7(8)10-4-6-3-9-6/h11-14,16-21,23-28,31-32H,1,5-9H2,2-4H3,(H,29,30);6-8,10-16,18-20,23-24H,3-5,17H2,1-2H3,(H,21,22);6H,1,3-4H2,2H3. The Hall–Kier alpha value is -3.52. The fraction of sp³-hybridized carbons (Fsp3) is 0.826. The van der Waals surface area contributed by atoms with Crippen molar-refractivity contribution in [2.24, 2.45) is 5.73 Å². The van der Waals surface area contributed by atoms with E-state index in [-0.39, 0.29) is 30.8 Å². The number of nitrogens with one attached hydrogen (secondary N) is 3. The summed E-state index contributed by atoms with van der Waals surface area (Å²) in [4.78, 5) is 44.1. The third-order valence-corrected chi connectivity index (χ3v) is 12.6. The van der Waals surface area contributed by atoms with Crippen molar-refractivity contribution in [3.63, 3.8) is 0 Å². The summed E-state index contributed by atoms with van der Waals surface area (Å²) in [5, 5.41) is 118. The number of carbonyl (C=O) groups excluding carboxylic acids is 2. The van der Waals surface area contributed by atoms with Crippen LogP contribution < -0.4 is 21.7 Å². The van der Waals surface area contributed by atoms with E-state index in [0.29, 0.717) is 18.8 Å². The number of aliphatic hydroxyl groups is 9. The number of esters is 2. The van der Waals surface area contributed by atoms with Crippen LogP contribution in [0.5, 0.6) is 0 Å². The van der Waals surface area contributed by atoms with Crippen LogP contribution in [0.15, 0.2) is 24.3 Å². The quantitative estimate of drug-likeness (QED) is 0.0229. The first-order valence-corrected chi connectivity index (χ1v) is 24.4. The van der Waals surface area contributed by atoms with E-state index in [9.17, 15) is 65.1 Å². The van der Waals surface area contributed by atoms with Crippen molar-refractivity contribution < 1.29 is 127 Å². The molecule has 440 valence electrons. The topological polar surface area (TPSA) is 458 Å². The largest absolute Gasteiger partial charge is 0.480 e. The van der Waals surface area contributed by atoms with Crippen LogP contribution in [-0.2, 0) is 71.3 Å². The summed E-state index contributed by atoms with van der Waals surface area (Å²) in [6.07, 6.45) is -18.3. The highest BCUT2D eigenvalue weighted by Crippen LogP contribution is 2.32. The molecule has 5 rings (SSSR count). The maximum Gasteiger partial charge on any atom is 0.333 e. The molecule has 5 heterocycles. The fourth-order valence-electron chi connectivity index (χ4n) is 8.48. The number of ether oxygens (including phenoxy) is 11. The molecule has 30 heteroatoms. The van der Waals surface area contributed by atoms with Gasteiger partial charge in [-0.25, -0.2) is 9.59 Å². The molecular formula is C46H80N4O26. The summed E-state index contributed by atoms with van der Waals surface area (Å²) in [5.74, 6) is -3.29. The molecule has 0 aromatic carbocycles. The zero-order valence-electron chi connectivity index (χ0n) is 43.3. The van der Waals surface area contributed by atoms with Gasteiger partial charge in [0.25, 0.3) is 0 Å². The SMILES string of the molecule is C=C(C)C(=O)OCC(O)CNC1C(OC2C(CO)OC(C)C(NCC(=O)O)C2O)OC(CO)C(OC)C1O.C=C(C)C(=O)OCC1CO1.COC1C(CO)OC(OC2C(CO)OC(C)C(NCC(=O)O)C2O)C(N)C1O. The van der Waals surface area contributed by atoms with Crippen LogP contribution >= 0.6 is 0 Å². The number of carboxylic acid groups (broad SMARTS) is 2. The molecule has 0 aliphatic carbocycles. The van der Waals surface area contributed by atoms with Crippen molar-refractivity contribution in [2.45, 2.75) is 162 Å². The van der Waals surface area contributed by atoms with Crippen molar-refractivity contribution >= 4 is 23.9 Å². The molecule has 5 aliphatic heterocycles. The lowest BCUT2D eigenvalue weighted by Crippen LogP contribution is -2.68. The molecule has 5 saturated heterocycles. The fourth-order valence-corrected chi connectivity index (χ4v) is 8.48. The second-order valence-corrected chi connectivity index (χ2v) is 18.6. The molecule has 22 atom stereocenters. The lowest BCUT2D eigenvalue weighted by atomic mass is 9.92. The van der Waals surface area contributed by atoms with Crippen molar-refractivity contribution in [3.8, 4) is 0 Å². The molecule has 0 spiro atoms. The molecule has 0 aromatic rings. The minimum atomic E-state index is -1.36. The van der Waals surface area contributed by atoms with Crippen molar-refractivity contribution in [3.05, 3.63) is 24.3 Å². The Morgan fingerprint density at radius 3 is 1.42 bits per heavy atom. The third-order valence-electron chi connectivity index (χ3n) is 12.6. The van der Waals surface area contributed by atoms with Crippen LogP contribution in [0.25, 0.3) is 0 Å². The van der Waals surface area contributed by atoms with Crippen LogP contribution in [-0.4, -0.2) is 295 Å². The summed E-state index contributed by atoms with van der Waals surface area (Å²) >= 11 is 0. The average molecular weight is 1110 g/mol. The number of aliphatic hydroxyl groups excluding tert-OH is 9. The minimum absolute atomic E-state index is 0.142. The Bertz CT molecular complexity index is 1820. The maximum absolute atomic E-state index is 11.6. The lowest BCUT2D eigenvalue weighted by molar-refractivity contribution is -0.316. The van der Waals surface area contributed by atoms with Gasteiger partial charge in [-0.3, -0.25) is 20.2 Å². The first kappa shape index (κ1) is 66.8. The van der Waals surface area contributed by atoms with E-state index in [4.69, 9.17) is 68.1 Å². The van der Waals surface area contributed by atoms with Gasteiger partial charge >= 0.3 is 23.9 Å². The van der Waals surface area contributed by atoms with Gasteiger partial charge in [0, 0.05) is 31.9 Å². The lowest BCUT2D eigenvalue weighted by Gasteiger charge is -2.48. The van der Waals surface area contributed by atoms with Crippen LogP contribution in [0.3, 0.4) is 0 Å². The summed E-state index contributed by atoms with van der Waals surface area (Å²) in [6.45, 7) is 10.8. The van der Waals surface area contributed by atoms with Crippen LogP contribution in [0, 0.1) is 0 Å². The van der Waals surface area contributed by atoms with Gasteiger partial charge < -0.3 is 119 Å². The summed E-state index contributed by atoms with van der Waals surface area (Å²) in [7, 11) is 2.65. The van der Waals surface area contributed by atoms with E-state index in [1.807, 2.05) is 0 Å². The van der Waals surface area contributed by atoms with Crippen LogP contribution in [0.4, 0.5) is 0 Å². The zero-order chi connectivity index (χ0) is 57.1. The smallest absolute Gasteiger partial charge is 0.333 e. The summed E-state index contributed by atoms with van der Waals surface area (Å²) in [6, 6.07) is -3.84. The Kier molecular flexibility index (Phi) is 28.6. The number of carboxylic acids is 2. The highest BCUT2D eigenvalue weighted by Gasteiger charge is 2.52. The molecule has 30 nitrogen and oxygen atoms in total. The van der Waals surface area contributed by atoms with E-state index < -0.39 is 186 Å². The molecule has 0 radical (unpaired) electrons. The second-order valence-electron chi connectivity index (χ2n) is 18.6. The normalized spacial score (nSPS) is 37.4. The molecular weight excluding hydrogens is 1020 g/mol. The number of methoxy groups -OCH3 is 2. The van der Waals surface area contributed by atoms with E-state index in [2.05, 4.69) is 29.1 Å². The predicted octanol–water partition coefficient (Wildman–Crippen LogP) is -7.43. The molecule has 16 N–H and O–H groups in total. The first-order chi connectivity index (χ1) is 35.9. The van der Waals surface area contributed by atoms with Gasteiger partial charge in [0.05, 0.1) is 82.5 Å². The number of epoxide rings is 1. The summed E-state index contributed by atoms with van der Waals surface area (Å²) < 4.78 is 59.4. The number of aliphatic carboxylic acids is 2. The van der Waals surface area contributed by atoms with Crippen LogP contribution in [0.2, 0.25) is 0 Å². The van der Waals surface area contributed by atoms with E-state index in [1.165, 1.54) is 21.1 Å². The number of hydrogen-bond acceptors (Lipinski definition) is 28. The molecule has 0 saturated carbocycles. The molecule has 5 fully saturated rings. The molecule has 76 heavy (non-hydrogen) atoms. The molecule has 5 aliphatic rings. The number of carbonyl (C=O) groups is 4. The van der Waals surface area contributed by atoms with Gasteiger partial charge in [0.1, 0.15) is 98.7 Å². The highest BCUT2D eigenvalue weighted by molar-refractivity contribution is 5.87. The Morgan fingerprint density at radius 2 is 1.01 bits per heavy atom. The molecule has 22 unspecified atom stereocenters. The maximum atomic E-state index is 11.6. The molecule has 0 aromatic heterocycles. The van der Waals surface area contributed by atoms with Gasteiger partial charge in [-0.05, 0) is 27.7 Å². The Labute approximate surface area is 438 Å². The second kappa shape index (κ2) is 32.5. The van der Waals surface area contributed by atoms with E-state index >= 15 is 0 Å². The van der Waals surface area contributed by atoms with Gasteiger partial charge in [-0.1, -0.05) is 13.2 Å². The number of nitrogens with two attached hydrogens (primary N) is 1. The number of hydrogen-bond donors (Lipinski definition) is 15. The summed E-state index contributed by atoms with van der Waals surface area (Å²) in [5.41, 5.74) is 6.56. The molecule has 0 amide bonds. The monoisotopic (exact) mass is 1100 g/mol. The highest BCUT2D eigenvalue weighted by atomic mass is 16.7. The van der Waals surface area contributed by atoms with Gasteiger partial charge in [-0.2, -0.15) is 0 Å². The van der Waals surface area contributed by atoms with E-state index in [1.54, 1.807) is 20.8 Å². The van der Waals surface area contributed by atoms with Gasteiger partial charge in [0.15, 0.2) is 12.6 Å². The Morgan fingerprint density at radius 1 is 0.618 bits per heavy atom. The van der Waals surface area contributed by atoms with Crippen molar-refractivity contribution in [2.75, 3.05) is 80.1 Å². The van der Waals surface area contributed by atoms with E-state index in [0.717, 1.165) is 0 Å². The van der Waals surface area contributed by atoms with Crippen molar-refractivity contribution in [1.29, 1.82) is 0 Å². The minimum Gasteiger partial charge on any atom is -0.480 e. The van der Waals surface area contributed by atoms with Gasteiger partial charge in [-0.15, -0.1) is 0 Å². The third kappa shape index (κ3) is 19.4. The molecule has 0 bridgehead atoms. The zero-order valence-corrected chi connectivity index (χ0v) is 43.3. The van der Waals surface area contributed by atoms with Gasteiger partial charge in [0.2, 0.25) is 0 Å². The first-order valence-electron chi connectivity index (χ1n) is 24.4. The average Bonchev–Trinajstić information content (AvgIpc) is 4.21. The Balaban J connectivity index is 0.000000347. The predicted molar refractivity (Wildman–Crippen MR) is 256 cm³/mol. The number of rotatable bonds is 25.